The fraction of sp³-hybridized carbons (Fsp3) is 0.261. The largest absolute Gasteiger partial charge is 0.496 e. The smallest absolute Gasteiger partial charge is 0.338 e. The van der Waals surface area contributed by atoms with Crippen LogP contribution in [0.15, 0.2) is 42.5 Å². The Balaban J connectivity index is 1.66. The van der Waals surface area contributed by atoms with E-state index in [1.807, 2.05) is 52.0 Å². The second-order valence-electron chi connectivity index (χ2n) is 7.10. The maximum absolute atomic E-state index is 12.4. The molecule has 0 spiro atoms. The van der Waals surface area contributed by atoms with Crippen molar-refractivity contribution in [2.24, 2.45) is 0 Å². The second kappa shape index (κ2) is 8.82. The molecule has 3 aromatic rings. The van der Waals surface area contributed by atoms with Gasteiger partial charge in [0.05, 0.1) is 35.4 Å². The summed E-state index contributed by atoms with van der Waals surface area (Å²) in [6.07, 6.45) is 0. The van der Waals surface area contributed by atoms with Crippen molar-refractivity contribution in [1.82, 2.24) is 9.78 Å². The number of benzene rings is 2. The molecule has 0 fully saturated rings. The lowest BCUT2D eigenvalue weighted by Gasteiger charge is -2.09. The van der Waals surface area contributed by atoms with Gasteiger partial charge in [-0.3, -0.25) is 4.79 Å². The maximum atomic E-state index is 12.4. The number of aromatic nitrogens is 2. The van der Waals surface area contributed by atoms with Gasteiger partial charge in [-0.25, -0.2) is 9.48 Å². The van der Waals surface area contributed by atoms with Crippen LogP contribution >= 0.6 is 0 Å². The zero-order valence-electron chi connectivity index (χ0n) is 17.8. The summed E-state index contributed by atoms with van der Waals surface area (Å²) in [6.45, 7) is 7.19. The molecule has 0 saturated heterocycles. The second-order valence-corrected chi connectivity index (χ2v) is 7.10. The van der Waals surface area contributed by atoms with E-state index in [0.29, 0.717) is 22.7 Å². The predicted molar refractivity (Wildman–Crippen MR) is 114 cm³/mol. The van der Waals surface area contributed by atoms with E-state index in [1.54, 1.807) is 22.9 Å². The fourth-order valence-electron chi connectivity index (χ4n) is 3.10. The topological polar surface area (TPSA) is 82.4 Å². The molecular weight excluding hydrogens is 382 g/mol. The van der Waals surface area contributed by atoms with E-state index < -0.39 is 18.5 Å². The van der Waals surface area contributed by atoms with Crippen molar-refractivity contribution < 1.29 is 19.1 Å². The molecule has 0 saturated carbocycles. The summed E-state index contributed by atoms with van der Waals surface area (Å²) < 4.78 is 12.1. The molecule has 2 aromatic carbocycles. The van der Waals surface area contributed by atoms with Crippen LogP contribution in [0.25, 0.3) is 5.69 Å². The number of carbonyl (C=O) groups is 2. The number of nitrogens with zero attached hydrogens (tertiary/aromatic N) is 2. The Labute approximate surface area is 175 Å². The van der Waals surface area contributed by atoms with Gasteiger partial charge in [-0.15, -0.1) is 0 Å². The minimum atomic E-state index is -0.591. The van der Waals surface area contributed by atoms with E-state index in [1.165, 1.54) is 7.11 Å². The van der Waals surface area contributed by atoms with Gasteiger partial charge in [-0.2, -0.15) is 5.10 Å². The molecule has 0 bridgehead atoms. The van der Waals surface area contributed by atoms with Crippen LogP contribution in [-0.2, 0) is 9.53 Å². The number of esters is 1. The summed E-state index contributed by atoms with van der Waals surface area (Å²) in [5.74, 6) is -0.437. The highest BCUT2D eigenvalue weighted by Crippen LogP contribution is 2.23. The van der Waals surface area contributed by atoms with Gasteiger partial charge in [-0.1, -0.05) is 23.8 Å². The summed E-state index contributed by atoms with van der Waals surface area (Å²) in [4.78, 5) is 24.6. The first-order valence-electron chi connectivity index (χ1n) is 9.55. The molecule has 0 aliphatic heterocycles. The number of nitrogens with one attached hydrogen (secondary N) is 1. The predicted octanol–water partition coefficient (Wildman–Crippen LogP) is 3.91. The Morgan fingerprint density at radius 1 is 1.03 bits per heavy atom. The van der Waals surface area contributed by atoms with Gasteiger partial charge in [0.1, 0.15) is 5.75 Å². The van der Waals surface area contributed by atoms with E-state index in [4.69, 9.17) is 9.47 Å². The van der Waals surface area contributed by atoms with Crippen molar-refractivity contribution in [1.29, 1.82) is 0 Å². The van der Waals surface area contributed by atoms with Crippen LogP contribution in [0.3, 0.4) is 0 Å². The summed E-state index contributed by atoms with van der Waals surface area (Å²) >= 11 is 0. The first kappa shape index (κ1) is 21.1. The van der Waals surface area contributed by atoms with Gasteiger partial charge in [0, 0.05) is 0 Å². The highest BCUT2D eigenvalue weighted by molar-refractivity contribution is 5.96. The molecular formula is C23H25N3O4. The van der Waals surface area contributed by atoms with E-state index >= 15 is 0 Å². The first-order valence-corrected chi connectivity index (χ1v) is 9.55. The van der Waals surface area contributed by atoms with E-state index in [9.17, 15) is 9.59 Å². The molecule has 1 heterocycles. The molecule has 3 rings (SSSR count). The van der Waals surface area contributed by atoms with E-state index in [-0.39, 0.29) is 0 Å². The van der Waals surface area contributed by atoms with Crippen LogP contribution in [0.5, 0.6) is 5.75 Å². The Kier molecular flexibility index (Phi) is 6.20. The minimum Gasteiger partial charge on any atom is -0.496 e. The standard InChI is InChI=1S/C23H25N3O4/c1-14-6-10-19(11-7-14)26-17(4)22(16(3)25-26)24-21(27)13-30-23(28)18-9-8-15(2)20(12-18)29-5/h6-12H,13H2,1-5H3,(H,24,27). The Bertz CT molecular complexity index is 1080. The lowest BCUT2D eigenvalue weighted by molar-refractivity contribution is -0.119. The quantitative estimate of drug-likeness (QED) is 0.627. The van der Waals surface area contributed by atoms with Crippen LogP contribution in [-0.4, -0.2) is 35.4 Å². The van der Waals surface area contributed by atoms with E-state index in [0.717, 1.165) is 22.5 Å². The fourth-order valence-corrected chi connectivity index (χ4v) is 3.10. The number of hydrogen-bond donors (Lipinski definition) is 1. The Morgan fingerprint density at radius 3 is 2.40 bits per heavy atom. The number of aryl methyl sites for hydroxylation is 3. The van der Waals surface area contributed by atoms with Crippen molar-refractivity contribution in [2.75, 3.05) is 19.0 Å². The third-order valence-corrected chi connectivity index (χ3v) is 4.81. The molecule has 0 aliphatic rings. The van der Waals surface area contributed by atoms with Gasteiger partial charge >= 0.3 is 5.97 Å². The van der Waals surface area contributed by atoms with E-state index in [2.05, 4.69) is 10.4 Å². The minimum absolute atomic E-state index is 0.324. The van der Waals surface area contributed by atoms with Crippen LogP contribution in [0.2, 0.25) is 0 Å². The molecule has 156 valence electrons. The molecule has 7 heteroatoms. The van der Waals surface area contributed by atoms with Crippen molar-refractivity contribution in [2.45, 2.75) is 27.7 Å². The van der Waals surface area contributed by atoms with Crippen molar-refractivity contribution >= 4 is 17.6 Å². The van der Waals surface area contributed by atoms with Crippen molar-refractivity contribution in [3.63, 3.8) is 0 Å². The summed E-state index contributed by atoms with van der Waals surface area (Å²) in [5.41, 5.74) is 5.36. The first-order chi connectivity index (χ1) is 14.3. The lowest BCUT2D eigenvalue weighted by Crippen LogP contribution is -2.21. The van der Waals surface area contributed by atoms with Gasteiger partial charge in [-0.05, 0) is 57.5 Å². The maximum Gasteiger partial charge on any atom is 0.338 e. The number of rotatable bonds is 6. The molecule has 1 amide bonds. The molecule has 1 N–H and O–H groups in total. The van der Waals surface area contributed by atoms with Crippen LogP contribution in [0.4, 0.5) is 5.69 Å². The number of anilines is 1. The number of methoxy groups -OCH3 is 1. The van der Waals surface area contributed by atoms with Gasteiger partial charge in [0.15, 0.2) is 6.61 Å². The van der Waals surface area contributed by atoms with Crippen LogP contribution in [0, 0.1) is 27.7 Å². The summed E-state index contributed by atoms with van der Waals surface area (Å²) in [5, 5.41) is 7.31. The Hall–Kier alpha value is -3.61. The van der Waals surface area contributed by atoms with Crippen molar-refractivity contribution in [3.8, 4) is 11.4 Å². The van der Waals surface area contributed by atoms with Gasteiger partial charge in [0.25, 0.3) is 5.91 Å². The van der Waals surface area contributed by atoms with Gasteiger partial charge < -0.3 is 14.8 Å². The normalized spacial score (nSPS) is 10.6. The summed E-state index contributed by atoms with van der Waals surface area (Å²) in [7, 11) is 1.53. The number of carbonyl (C=O) groups excluding carboxylic acids is 2. The number of ether oxygens (including phenoxy) is 2. The molecule has 0 radical (unpaired) electrons. The molecule has 0 atom stereocenters. The molecule has 30 heavy (non-hydrogen) atoms. The zero-order chi connectivity index (χ0) is 21.8. The number of amides is 1. The lowest BCUT2D eigenvalue weighted by atomic mass is 10.1. The molecule has 0 unspecified atom stereocenters. The average Bonchev–Trinajstić information content (AvgIpc) is 3.01. The monoisotopic (exact) mass is 407 g/mol. The number of hydrogen-bond acceptors (Lipinski definition) is 5. The highest BCUT2D eigenvalue weighted by atomic mass is 16.5. The summed E-state index contributed by atoms with van der Waals surface area (Å²) in [6, 6.07) is 12.9. The molecule has 0 aliphatic carbocycles. The van der Waals surface area contributed by atoms with Crippen LogP contribution < -0.4 is 10.1 Å². The highest BCUT2D eigenvalue weighted by Gasteiger charge is 2.17. The zero-order valence-corrected chi connectivity index (χ0v) is 17.8. The van der Waals surface area contributed by atoms with Gasteiger partial charge in [0.2, 0.25) is 0 Å². The Morgan fingerprint density at radius 2 is 1.73 bits per heavy atom. The van der Waals surface area contributed by atoms with Crippen molar-refractivity contribution in [3.05, 3.63) is 70.5 Å². The molecule has 1 aromatic heterocycles. The third kappa shape index (κ3) is 4.51. The average molecular weight is 407 g/mol. The molecule has 7 nitrogen and oxygen atoms in total. The van der Waals surface area contributed by atoms with Crippen LogP contribution in [0.1, 0.15) is 32.9 Å². The third-order valence-electron chi connectivity index (χ3n) is 4.81. The SMILES string of the molecule is COc1cc(C(=O)OCC(=O)Nc2c(C)nn(-c3ccc(C)cc3)c2C)ccc1C.